The fraction of sp³-hybridized carbons (Fsp3) is 0.0714. The highest BCUT2D eigenvalue weighted by Gasteiger charge is 2.21. The van der Waals surface area contributed by atoms with Gasteiger partial charge in [0, 0.05) is 10.6 Å². The van der Waals surface area contributed by atoms with Crippen LogP contribution >= 0.6 is 11.6 Å². The molecule has 0 N–H and O–H groups in total. The maximum atomic E-state index is 12.0. The van der Waals surface area contributed by atoms with Gasteiger partial charge < -0.3 is 4.74 Å². The molecule has 0 spiro atoms. The van der Waals surface area contributed by atoms with Gasteiger partial charge in [0.1, 0.15) is 11.5 Å². The number of carbonyl (C=O) groups excluding carboxylic acids is 1. The van der Waals surface area contributed by atoms with Crippen molar-refractivity contribution in [2.45, 2.75) is 6.42 Å². The van der Waals surface area contributed by atoms with Crippen LogP contribution in [0.1, 0.15) is 16.8 Å². The molecule has 17 heavy (non-hydrogen) atoms. The fourth-order valence-electron chi connectivity index (χ4n) is 1.93. The molecule has 1 heterocycles. The van der Waals surface area contributed by atoms with Crippen LogP contribution in [-0.2, 0) is 0 Å². The van der Waals surface area contributed by atoms with Crippen LogP contribution in [0.25, 0.3) is 0 Å². The van der Waals surface area contributed by atoms with Crippen molar-refractivity contribution in [3.8, 4) is 5.75 Å². The molecular formula is C14H9ClO2. The van der Waals surface area contributed by atoms with Gasteiger partial charge >= 0.3 is 0 Å². The molecule has 0 atom stereocenters. The zero-order chi connectivity index (χ0) is 11.8. The molecule has 2 nitrogen and oxygen atoms in total. The van der Waals surface area contributed by atoms with E-state index in [2.05, 4.69) is 0 Å². The number of ether oxygens (including phenoxy) is 1. The Labute approximate surface area is 104 Å². The first-order valence-electron chi connectivity index (χ1n) is 5.33. The third-order valence-electron chi connectivity index (χ3n) is 2.77. The molecule has 0 amide bonds. The van der Waals surface area contributed by atoms with Gasteiger partial charge in [-0.3, -0.25) is 4.79 Å². The van der Waals surface area contributed by atoms with Crippen LogP contribution in [0, 0.1) is 0 Å². The molecule has 0 bridgehead atoms. The molecule has 0 unspecified atom stereocenters. The van der Waals surface area contributed by atoms with E-state index in [1.807, 2.05) is 18.2 Å². The number of halogens is 1. The molecule has 2 aliphatic rings. The van der Waals surface area contributed by atoms with Crippen molar-refractivity contribution < 1.29 is 9.53 Å². The zero-order valence-electron chi connectivity index (χ0n) is 8.94. The van der Waals surface area contributed by atoms with Crippen molar-refractivity contribution in [1.29, 1.82) is 0 Å². The number of benzene rings is 1. The molecule has 84 valence electrons. The minimum atomic E-state index is -0.0591. The van der Waals surface area contributed by atoms with Gasteiger partial charge in [0.2, 0.25) is 0 Å². The molecule has 1 aromatic carbocycles. The summed E-state index contributed by atoms with van der Waals surface area (Å²) in [4.78, 5) is 12.0. The lowest BCUT2D eigenvalue weighted by atomic mass is 10.0. The van der Waals surface area contributed by atoms with E-state index in [0.717, 1.165) is 17.8 Å². The van der Waals surface area contributed by atoms with E-state index in [4.69, 9.17) is 16.3 Å². The lowest BCUT2D eigenvalue weighted by Crippen LogP contribution is -2.00. The summed E-state index contributed by atoms with van der Waals surface area (Å²) in [5.41, 5.74) is 1.42. The average Bonchev–Trinajstić information content (AvgIpc) is 2.46. The summed E-state index contributed by atoms with van der Waals surface area (Å²) < 4.78 is 5.75. The summed E-state index contributed by atoms with van der Waals surface area (Å²) in [5, 5.41) is 0.538. The van der Waals surface area contributed by atoms with Crippen LogP contribution in [0.15, 0.2) is 53.8 Å². The maximum absolute atomic E-state index is 12.0. The highest BCUT2D eigenvalue weighted by Crippen LogP contribution is 2.32. The Morgan fingerprint density at radius 1 is 1.29 bits per heavy atom. The van der Waals surface area contributed by atoms with E-state index >= 15 is 0 Å². The van der Waals surface area contributed by atoms with Gasteiger partial charge in [-0.25, -0.2) is 0 Å². The molecular weight excluding hydrogens is 236 g/mol. The van der Waals surface area contributed by atoms with Crippen LogP contribution in [0.3, 0.4) is 0 Å². The van der Waals surface area contributed by atoms with Crippen LogP contribution in [0.4, 0.5) is 0 Å². The Balaban J connectivity index is 2.16. The van der Waals surface area contributed by atoms with E-state index in [0.29, 0.717) is 16.3 Å². The van der Waals surface area contributed by atoms with Gasteiger partial charge in [0.15, 0.2) is 5.78 Å². The molecule has 0 saturated carbocycles. The van der Waals surface area contributed by atoms with Crippen molar-refractivity contribution >= 4 is 17.4 Å². The second kappa shape index (κ2) is 3.90. The Kier molecular flexibility index (Phi) is 2.37. The summed E-state index contributed by atoms with van der Waals surface area (Å²) in [6.07, 6.45) is 8.14. The molecule has 3 rings (SSSR count). The summed E-state index contributed by atoms with van der Waals surface area (Å²) in [7, 11) is 0. The maximum Gasteiger partial charge on any atom is 0.190 e. The first kappa shape index (κ1) is 10.4. The summed E-state index contributed by atoms with van der Waals surface area (Å²) in [6.45, 7) is 0. The molecule has 0 radical (unpaired) electrons. The molecule has 0 fully saturated rings. The Bertz CT molecular complexity index is 594. The standard InChI is InChI=1S/C14H9ClO2/c15-10-5-6-14-11(8-10)12(16)7-9-3-1-2-4-13(9)17-14/h1-2,4-8H,3H2. The zero-order valence-corrected chi connectivity index (χ0v) is 9.70. The van der Waals surface area contributed by atoms with Crippen LogP contribution in [0.2, 0.25) is 5.02 Å². The Morgan fingerprint density at radius 3 is 3.06 bits per heavy atom. The number of hydrogen-bond donors (Lipinski definition) is 0. The lowest BCUT2D eigenvalue weighted by Gasteiger charge is -2.12. The van der Waals surface area contributed by atoms with Gasteiger partial charge in [-0.05, 0) is 36.8 Å². The van der Waals surface area contributed by atoms with Gasteiger partial charge in [-0.15, -0.1) is 0 Å². The second-order valence-corrected chi connectivity index (χ2v) is 4.38. The number of ketones is 1. The number of fused-ring (bicyclic) bond motifs is 2. The van der Waals surface area contributed by atoms with Crippen molar-refractivity contribution in [3.05, 3.63) is 64.4 Å². The number of rotatable bonds is 0. The predicted octanol–water partition coefficient (Wildman–Crippen LogP) is 3.69. The molecule has 0 saturated heterocycles. The van der Waals surface area contributed by atoms with E-state index in [1.165, 1.54) is 0 Å². The molecule has 1 aliphatic heterocycles. The number of carbonyl (C=O) groups is 1. The second-order valence-electron chi connectivity index (χ2n) is 3.94. The Hall–Kier alpha value is -1.80. The lowest BCUT2D eigenvalue weighted by molar-refractivity contribution is 0.104. The number of hydrogen-bond acceptors (Lipinski definition) is 2. The van der Waals surface area contributed by atoms with Gasteiger partial charge in [0.25, 0.3) is 0 Å². The topological polar surface area (TPSA) is 26.3 Å². The minimum absolute atomic E-state index is 0.0591. The predicted molar refractivity (Wildman–Crippen MR) is 66.3 cm³/mol. The minimum Gasteiger partial charge on any atom is -0.456 e. The first-order chi connectivity index (χ1) is 8.24. The SMILES string of the molecule is O=C1C=C2CC=CC=C2Oc2ccc(Cl)cc21. The molecule has 3 heteroatoms. The summed E-state index contributed by atoms with van der Waals surface area (Å²) in [6, 6.07) is 5.09. The van der Waals surface area contributed by atoms with E-state index < -0.39 is 0 Å². The van der Waals surface area contributed by atoms with E-state index in [1.54, 1.807) is 24.3 Å². The van der Waals surface area contributed by atoms with Gasteiger partial charge in [-0.1, -0.05) is 23.8 Å². The highest BCUT2D eigenvalue weighted by atomic mass is 35.5. The summed E-state index contributed by atoms with van der Waals surface area (Å²) >= 11 is 5.89. The fourth-order valence-corrected chi connectivity index (χ4v) is 2.10. The average molecular weight is 245 g/mol. The monoisotopic (exact) mass is 244 g/mol. The van der Waals surface area contributed by atoms with E-state index in [9.17, 15) is 4.79 Å². The molecule has 0 aromatic heterocycles. The normalized spacial score (nSPS) is 17.4. The number of allylic oxidation sites excluding steroid dienone is 5. The Morgan fingerprint density at radius 2 is 2.18 bits per heavy atom. The first-order valence-corrected chi connectivity index (χ1v) is 5.71. The highest BCUT2D eigenvalue weighted by molar-refractivity contribution is 6.31. The van der Waals surface area contributed by atoms with Gasteiger partial charge in [-0.2, -0.15) is 0 Å². The van der Waals surface area contributed by atoms with Crippen molar-refractivity contribution in [3.63, 3.8) is 0 Å². The smallest absolute Gasteiger partial charge is 0.190 e. The summed E-state index contributed by atoms with van der Waals surface area (Å²) in [5.74, 6) is 1.24. The quantitative estimate of drug-likeness (QED) is 0.696. The van der Waals surface area contributed by atoms with Crippen LogP contribution < -0.4 is 4.74 Å². The molecule has 1 aromatic rings. The van der Waals surface area contributed by atoms with Gasteiger partial charge in [0.05, 0.1) is 5.56 Å². The molecule has 1 aliphatic carbocycles. The van der Waals surface area contributed by atoms with Crippen LogP contribution in [0.5, 0.6) is 5.75 Å². The van der Waals surface area contributed by atoms with Crippen molar-refractivity contribution in [2.24, 2.45) is 0 Å². The van der Waals surface area contributed by atoms with E-state index in [-0.39, 0.29) is 5.78 Å². The van der Waals surface area contributed by atoms with Crippen molar-refractivity contribution in [1.82, 2.24) is 0 Å². The largest absolute Gasteiger partial charge is 0.456 e. The van der Waals surface area contributed by atoms with Crippen LogP contribution in [-0.4, -0.2) is 5.78 Å². The third kappa shape index (κ3) is 1.81. The van der Waals surface area contributed by atoms with Crippen molar-refractivity contribution in [2.75, 3.05) is 0 Å². The third-order valence-corrected chi connectivity index (χ3v) is 3.01.